The van der Waals surface area contributed by atoms with Crippen molar-refractivity contribution < 1.29 is 5.11 Å². The SMILES string of the molecule is Cc1cccc(-n2cccc2[C@H]2[C@H](c3ccccn3)NC(=S)N2c2ccc(O)cc2)c1. The van der Waals surface area contributed by atoms with Crippen molar-refractivity contribution in [2.45, 2.75) is 19.0 Å². The summed E-state index contributed by atoms with van der Waals surface area (Å²) in [7, 11) is 0. The van der Waals surface area contributed by atoms with Crippen LogP contribution in [-0.4, -0.2) is 19.8 Å². The van der Waals surface area contributed by atoms with Gasteiger partial charge in [0.25, 0.3) is 0 Å². The lowest BCUT2D eigenvalue weighted by Crippen LogP contribution is -2.30. The quantitative estimate of drug-likeness (QED) is 0.447. The van der Waals surface area contributed by atoms with E-state index >= 15 is 0 Å². The molecule has 3 heterocycles. The van der Waals surface area contributed by atoms with E-state index in [2.05, 4.69) is 69.3 Å². The standard InChI is InChI=1S/C25H22N4OS/c1-17-6-4-7-19(16-17)28-15-5-9-22(28)24-23(21-8-2-3-14-26-21)27-25(31)29(24)18-10-12-20(30)13-11-18/h2-16,23-24,30H,1H3,(H,27,31)/t23-,24-/m0/s1. The number of benzene rings is 2. The van der Waals surface area contributed by atoms with Crippen LogP contribution in [0.1, 0.15) is 29.0 Å². The van der Waals surface area contributed by atoms with Crippen LogP contribution in [-0.2, 0) is 0 Å². The van der Waals surface area contributed by atoms with Gasteiger partial charge in [-0.15, -0.1) is 0 Å². The lowest BCUT2D eigenvalue weighted by atomic mass is 10.0. The van der Waals surface area contributed by atoms with Crippen LogP contribution in [0.3, 0.4) is 0 Å². The molecule has 31 heavy (non-hydrogen) atoms. The van der Waals surface area contributed by atoms with Crippen LogP contribution in [0.25, 0.3) is 5.69 Å². The molecular formula is C25H22N4OS. The molecule has 5 rings (SSSR count). The van der Waals surface area contributed by atoms with E-state index in [1.807, 2.05) is 30.3 Å². The summed E-state index contributed by atoms with van der Waals surface area (Å²) in [5.41, 5.74) is 5.24. The van der Waals surface area contributed by atoms with Crippen LogP contribution in [0, 0.1) is 6.92 Å². The van der Waals surface area contributed by atoms with Gasteiger partial charge in [0, 0.05) is 29.5 Å². The minimum Gasteiger partial charge on any atom is -0.508 e. The zero-order valence-electron chi connectivity index (χ0n) is 17.0. The highest BCUT2D eigenvalue weighted by atomic mass is 32.1. The number of aryl methyl sites for hydroxylation is 1. The molecule has 6 heteroatoms. The Morgan fingerprint density at radius 2 is 1.77 bits per heavy atom. The molecule has 0 bridgehead atoms. The number of anilines is 1. The summed E-state index contributed by atoms with van der Waals surface area (Å²) in [6.45, 7) is 2.10. The van der Waals surface area contributed by atoms with Gasteiger partial charge in [-0.1, -0.05) is 18.2 Å². The molecule has 2 aromatic heterocycles. The number of aromatic hydroxyl groups is 1. The molecule has 5 nitrogen and oxygen atoms in total. The Kier molecular flexibility index (Phi) is 4.92. The second-order valence-electron chi connectivity index (χ2n) is 7.66. The first-order valence-electron chi connectivity index (χ1n) is 10.2. The Hall–Kier alpha value is -3.64. The fourth-order valence-corrected chi connectivity index (χ4v) is 4.54. The maximum atomic E-state index is 9.78. The lowest BCUT2D eigenvalue weighted by Gasteiger charge is -2.29. The van der Waals surface area contributed by atoms with Crippen molar-refractivity contribution in [3.05, 3.63) is 108 Å². The van der Waals surface area contributed by atoms with Crippen molar-refractivity contribution in [1.29, 1.82) is 0 Å². The van der Waals surface area contributed by atoms with Gasteiger partial charge < -0.3 is 19.9 Å². The summed E-state index contributed by atoms with van der Waals surface area (Å²) in [6, 6.07) is 25.5. The number of phenolic OH excluding ortho intramolecular Hbond substituents is 1. The van der Waals surface area contributed by atoms with E-state index in [0.717, 1.165) is 22.8 Å². The highest BCUT2D eigenvalue weighted by Crippen LogP contribution is 2.42. The average molecular weight is 427 g/mol. The number of hydrogen-bond acceptors (Lipinski definition) is 3. The van der Waals surface area contributed by atoms with E-state index in [-0.39, 0.29) is 17.8 Å². The minimum atomic E-state index is -0.124. The van der Waals surface area contributed by atoms with E-state index in [4.69, 9.17) is 12.2 Å². The second kappa shape index (κ2) is 7.89. The van der Waals surface area contributed by atoms with Crippen LogP contribution in [0.15, 0.2) is 91.3 Å². The Morgan fingerprint density at radius 3 is 2.52 bits per heavy atom. The number of aromatic nitrogens is 2. The number of thiocarbonyl (C=S) groups is 1. The Bertz CT molecular complexity index is 1220. The molecule has 0 radical (unpaired) electrons. The third-order valence-corrected chi connectivity index (χ3v) is 5.90. The van der Waals surface area contributed by atoms with Crippen LogP contribution >= 0.6 is 12.2 Å². The molecule has 0 aliphatic carbocycles. The van der Waals surface area contributed by atoms with Crippen LogP contribution in [0.2, 0.25) is 0 Å². The fraction of sp³-hybridized carbons (Fsp3) is 0.120. The zero-order valence-corrected chi connectivity index (χ0v) is 17.8. The van der Waals surface area contributed by atoms with Crippen molar-refractivity contribution in [2.75, 3.05) is 4.90 Å². The highest BCUT2D eigenvalue weighted by Gasteiger charge is 2.42. The second-order valence-corrected chi connectivity index (χ2v) is 8.04. The third-order valence-electron chi connectivity index (χ3n) is 5.59. The number of pyridine rings is 1. The van der Waals surface area contributed by atoms with Crippen molar-refractivity contribution in [3.63, 3.8) is 0 Å². The third kappa shape index (κ3) is 3.55. The van der Waals surface area contributed by atoms with Crippen LogP contribution < -0.4 is 10.2 Å². The Morgan fingerprint density at radius 1 is 0.935 bits per heavy atom. The fourth-order valence-electron chi connectivity index (χ4n) is 4.19. The van der Waals surface area contributed by atoms with E-state index < -0.39 is 0 Å². The molecule has 154 valence electrons. The first-order chi connectivity index (χ1) is 15.1. The van der Waals surface area contributed by atoms with E-state index in [1.54, 1.807) is 18.3 Å². The lowest BCUT2D eigenvalue weighted by molar-refractivity contribution is 0.475. The Balaban J connectivity index is 1.67. The van der Waals surface area contributed by atoms with Crippen molar-refractivity contribution in [1.82, 2.24) is 14.9 Å². The van der Waals surface area contributed by atoms with Gasteiger partial charge in [0.15, 0.2) is 5.11 Å². The number of nitrogens with one attached hydrogen (secondary N) is 1. The van der Waals surface area contributed by atoms with E-state index in [9.17, 15) is 5.11 Å². The smallest absolute Gasteiger partial charge is 0.174 e. The summed E-state index contributed by atoms with van der Waals surface area (Å²) in [4.78, 5) is 6.72. The summed E-state index contributed by atoms with van der Waals surface area (Å²) < 4.78 is 2.20. The maximum absolute atomic E-state index is 9.78. The summed E-state index contributed by atoms with van der Waals surface area (Å²) >= 11 is 5.78. The largest absolute Gasteiger partial charge is 0.508 e. The zero-order chi connectivity index (χ0) is 21.4. The average Bonchev–Trinajstić information content (AvgIpc) is 3.39. The molecule has 0 unspecified atom stereocenters. The van der Waals surface area contributed by atoms with Gasteiger partial charge in [-0.05, 0) is 85.4 Å². The predicted octanol–water partition coefficient (Wildman–Crippen LogP) is 5.06. The molecular weight excluding hydrogens is 404 g/mol. The molecule has 2 atom stereocenters. The minimum absolute atomic E-state index is 0.123. The van der Waals surface area contributed by atoms with Gasteiger partial charge in [0.1, 0.15) is 11.8 Å². The number of rotatable bonds is 4. The Labute approximate surface area is 186 Å². The van der Waals surface area contributed by atoms with Crippen molar-refractivity contribution in [3.8, 4) is 11.4 Å². The number of hydrogen-bond donors (Lipinski definition) is 2. The first kappa shape index (κ1) is 19.3. The molecule has 1 aliphatic heterocycles. The summed E-state index contributed by atoms with van der Waals surface area (Å²) in [6.07, 6.45) is 3.88. The van der Waals surface area contributed by atoms with Gasteiger partial charge in [-0.3, -0.25) is 4.98 Å². The van der Waals surface area contributed by atoms with E-state index in [1.165, 1.54) is 5.56 Å². The summed E-state index contributed by atoms with van der Waals surface area (Å²) in [5.74, 6) is 0.225. The molecule has 2 aromatic carbocycles. The van der Waals surface area contributed by atoms with Gasteiger partial charge in [-0.2, -0.15) is 0 Å². The molecule has 1 aliphatic rings. The number of phenols is 1. The van der Waals surface area contributed by atoms with Crippen molar-refractivity contribution >= 4 is 23.0 Å². The van der Waals surface area contributed by atoms with Crippen LogP contribution in [0.4, 0.5) is 5.69 Å². The number of nitrogens with zero attached hydrogens (tertiary/aromatic N) is 3. The monoisotopic (exact) mass is 426 g/mol. The maximum Gasteiger partial charge on any atom is 0.174 e. The summed E-state index contributed by atoms with van der Waals surface area (Å²) in [5, 5.41) is 13.9. The molecule has 0 saturated carbocycles. The molecule has 4 aromatic rings. The van der Waals surface area contributed by atoms with Gasteiger partial charge in [-0.25, -0.2) is 0 Å². The molecule has 1 fully saturated rings. The van der Waals surface area contributed by atoms with Gasteiger partial charge in [0.2, 0.25) is 0 Å². The molecule has 1 saturated heterocycles. The molecule has 2 N–H and O–H groups in total. The van der Waals surface area contributed by atoms with E-state index in [0.29, 0.717) is 5.11 Å². The van der Waals surface area contributed by atoms with Crippen molar-refractivity contribution in [2.24, 2.45) is 0 Å². The molecule has 0 spiro atoms. The first-order valence-corrected chi connectivity index (χ1v) is 10.6. The predicted molar refractivity (Wildman–Crippen MR) is 127 cm³/mol. The topological polar surface area (TPSA) is 53.3 Å². The highest BCUT2D eigenvalue weighted by molar-refractivity contribution is 7.80. The van der Waals surface area contributed by atoms with Gasteiger partial charge in [0.05, 0.1) is 11.7 Å². The van der Waals surface area contributed by atoms with Crippen LogP contribution in [0.5, 0.6) is 5.75 Å². The normalized spacial score (nSPS) is 18.2. The van der Waals surface area contributed by atoms with Gasteiger partial charge >= 0.3 is 0 Å². The molecule has 0 amide bonds.